The van der Waals surface area contributed by atoms with Crippen molar-refractivity contribution in [3.63, 3.8) is 0 Å². The van der Waals surface area contributed by atoms with Crippen molar-refractivity contribution in [2.24, 2.45) is 5.92 Å². The van der Waals surface area contributed by atoms with Crippen molar-refractivity contribution in [2.75, 3.05) is 11.4 Å². The van der Waals surface area contributed by atoms with E-state index in [2.05, 4.69) is 15.9 Å². The molecule has 0 spiro atoms. The van der Waals surface area contributed by atoms with Crippen LogP contribution in [0.5, 0.6) is 0 Å². The number of benzene rings is 1. The summed E-state index contributed by atoms with van der Waals surface area (Å²) < 4.78 is 0.877. The molecule has 4 nitrogen and oxygen atoms in total. The average Bonchev–Trinajstić information content (AvgIpc) is 2.43. The number of carbonyl (C=O) groups excluding carboxylic acids is 2. The van der Waals surface area contributed by atoms with Crippen LogP contribution < -0.4 is 4.90 Å². The van der Waals surface area contributed by atoms with E-state index < -0.39 is 5.92 Å². The monoisotopic (exact) mass is 334 g/mol. The van der Waals surface area contributed by atoms with Crippen LogP contribution in [0.3, 0.4) is 0 Å². The van der Waals surface area contributed by atoms with Crippen molar-refractivity contribution >= 4 is 33.3 Å². The van der Waals surface area contributed by atoms with E-state index in [-0.39, 0.29) is 18.1 Å². The van der Waals surface area contributed by atoms with Gasteiger partial charge in [-0.1, -0.05) is 12.1 Å². The van der Waals surface area contributed by atoms with E-state index in [4.69, 9.17) is 5.26 Å². The predicted molar refractivity (Wildman–Crippen MR) is 79.2 cm³/mol. The molecule has 1 heterocycles. The highest BCUT2D eigenvalue weighted by atomic mass is 79.9. The Hall–Kier alpha value is -1.67. The molecular formula is C15H15BrN2O2. The van der Waals surface area contributed by atoms with Gasteiger partial charge in [0, 0.05) is 11.0 Å². The van der Waals surface area contributed by atoms with Crippen LogP contribution in [-0.4, -0.2) is 18.2 Å². The van der Waals surface area contributed by atoms with Crippen LogP contribution in [0.25, 0.3) is 0 Å². The van der Waals surface area contributed by atoms with Gasteiger partial charge in [-0.3, -0.25) is 9.59 Å². The van der Waals surface area contributed by atoms with Gasteiger partial charge < -0.3 is 4.90 Å². The number of nitrogens with zero attached hydrogens (tertiary/aromatic N) is 2. The van der Waals surface area contributed by atoms with Gasteiger partial charge in [-0.2, -0.15) is 5.26 Å². The molecule has 1 saturated heterocycles. The molecule has 0 N–H and O–H groups in total. The first-order chi connectivity index (χ1) is 9.56. The van der Waals surface area contributed by atoms with Gasteiger partial charge in [0.2, 0.25) is 5.91 Å². The molecule has 0 bridgehead atoms. The van der Waals surface area contributed by atoms with Gasteiger partial charge in [-0.25, -0.2) is 0 Å². The molecule has 1 aliphatic heterocycles. The zero-order valence-electron chi connectivity index (χ0n) is 11.2. The highest BCUT2D eigenvalue weighted by Crippen LogP contribution is 2.33. The second-order valence-corrected chi connectivity index (χ2v) is 5.69. The van der Waals surface area contributed by atoms with E-state index in [1.54, 1.807) is 4.90 Å². The second-order valence-electron chi connectivity index (χ2n) is 4.89. The Kier molecular flexibility index (Phi) is 4.56. The molecule has 1 atom stereocenters. The van der Waals surface area contributed by atoms with Crippen molar-refractivity contribution in [3.05, 3.63) is 28.2 Å². The molecular weight excluding hydrogens is 320 g/mol. The highest BCUT2D eigenvalue weighted by Gasteiger charge is 2.35. The molecule has 0 aromatic heterocycles. The first-order valence-corrected chi connectivity index (χ1v) is 7.31. The zero-order chi connectivity index (χ0) is 14.7. The van der Waals surface area contributed by atoms with E-state index in [0.29, 0.717) is 13.0 Å². The third kappa shape index (κ3) is 2.75. The maximum atomic E-state index is 12.5. The maximum absolute atomic E-state index is 12.5. The van der Waals surface area contributed by atoms with Crippen LogP contribution >= 0.6 is 15.9 Å². The van der Waals surface area contributed by atoms with E-state index in [0.717, 1.165) is 22.1 Å². The molecule has 20 heavy (non-hydrogen) atoms. The van der Waals surface area contributed by atoms with Crippen molar-refractivity contribution in [1.29, 1.82) is 5.26 Å². The number of piperidine rings is 1. The quantitative estimate of drug-likeness (QED) is 0.798. The number of hydrogen-bond acceptors (Lipinski definition) is 3. The van der Waals surface area contributed by atoms with Gasteiger partial charge in [0.25, 0.3) is 0 Å². The molecule has 104 valence electrons. The van der Waals surface area contributed by atoms with Gasteiger partial charge in [-0.05, 0) is 47.3 Å². The van der Waals surface area contributed by atoms with Crippen molar-refractivity contribution in [1.82, 2.24) is 0 Å². The summed E-state index contributed by atoms with van der Waals surface area (Å²) in [7, 11) is 0. The molecule has 1 amide bonds. The Morgan fingerprint density at radius 1 is 1.55 bits per heavy atom. The number of anilines is 1. The van der Waals surface area contributed by atoms with Gasteiger partial charge in [0.1, 0.15) is 0 Å². The number of ketones is 1. The number of Topliss-reactive ketones (excluding diaryl/α,β-unsaturated/α-hetero) is 1. The lowest BCUT2D eigenvalue weighted by molar-refractivity contribution is -0.133. The standard InChI is InChI=1S/C15H15BrN2O2/c1-10-4-2-6-12(14(10)16)18-9-3-5-11(15(18)20)13(19)7-8-17/h2,4,6,11H,3,5,7,9H2,1H3. The van der Waals surface area contributed by atoms with E-state index in [9.17, 15) is 9.59 Å². The number of halogens is 1. The van der Waals surface area contributed by atoms with Crippen LogP contribution in [0.15, 0.2) is 22.7 Å². The third-order valence-electron chi connectivity index (χ3n) is 3.54. The van der Waals surface area contributed by atoms with Crippen molar-refractivity contribution in [3.8, 4) is 6.07 Å². The van der Waals surface area contributed by atoms with Crippen LogP contribution in [0.1, 0.15) is 24.8 Å². The van der Waals surface area contributed by atoms with Crippen molar-refractivity contribution < 1.29 is 9.59 Å². The molecule has 1 aromatic rings. The summed E-state index contributed by atoms with van der Waals surface area (Å²) in [5, 5.41) is 8.61. The van der Waals surface area contributed by atoms with E-state index in [1.165, 1.54) is 0 Å². The maximum Gasteiger partial charge on any atom is 0.237 e. The van der Waals surface area contributed by atoms with Crippen molar-refractivity contribution in [2.45, 2.75) is 26.2 Å². The molecule has 0 saturated carbocycles. The number of aryl methyl sites for hydroxylation is 1. The lowest BCUT2D eigenvalue weighted by Crippen LogP contribution is -2.44. The first kappa shape index (κ1) is 14.7. The summed E-state index contributed by atoms with van der Waals surface area (Å²) in [6.45, 7) is 2.57. The van der Waals surface area contributed by atoms with Gasteiger partial charge >= 0.3 is 0 Å². The van der Waals surface area contributed by atoms with E-state index in [1.807, 2.05) is 31.2 Å². The molecule has 2 rings (SSSR count). The predicted octanol–water partition coefficient (Wildman–Crippen LogP) is 2.98. The largest absolute Gasteiger partial charge is 0.311 e. The number of amides is 1. The summed E-state index contributed by atoms with van der Waals surface area (Å²) in [4.78, 5) is 26.0. The fourth-order valence-corrected chi connectivity index (χ4v) is 2.93. The minimum Gasteiger partial charge on any atom is -0.311 e. The number of carbonyl (C=O) groups is 2. The minimum atomic E-state index is -0.671. The smallest absolute Gasteiger partial charge is 0.237 e. The third-order valence-corrected chi connectivity index (χ3v) is 4.57. The zero-order valence-corrected chi connectivity index (χ0v) is 12.8. The van der Waals surface area contributed by atoms with Gasteiger partial charge in [-0.15, -0.1) is 0 Å². The van der Waals surface area contributed by atoms with E-state index >= 15 is 0 Å². The SMILES string of the molecule is Cc1cccc(N2CCCC(C(=O)CC#N)C2=O)c1Br. The topological polar surface area (TPSA) is 61.2 Å². The molecule has 1 aromatic carbocycles. The molecule has 0 aliphatic carbocycles. The molecule has 0 radical (unpaired) electrons. The highest BCUT2D eigenvalue weighted by molar-refractivity contribution is 9.10. The Labute approximate surface area is 126 Å². The Morgan fingerprint density at radius 2 is 2.30 bits per heavy atom. The normalized spacial score (nSPS) is 18.8. The Bertz CT molecular complexity index is 592. The summed E-state index contributed by atoms with van der Waals surface area (Å²) >= 11 is 3.50. The summed E-state index contributed by atoms with van der Waals surface area (Å²) in [6, 6.07) is 7.55. The summed E-state index contributed by atoms with van der Waals surface area (Å²) in [5.41, 5.74) is 1.84. The first-order valence-electron chi connectivity index (χ1n) is 6.52. The van der Waals surface area contributed by atoms with Gasteiger partial charge in [0.05, 0.1) is 24.1 Å². The molecule has 1 aliphatic rings. The second kappa shape index (κ2) is 6.19. The van der Waals surface area contributed by atoms with Crippen LogP contribution in [0.4, 0.5) is 5.69 Å². The van der Waals surface area contributed by atoms with Crippen LogP contribution in [0, 0.1) is 24.2 Å². The summed E-state index contributed by atoms with van der Waals surface area (Å²) in [6.07, 6.45) is 1.12. The Balaban J connectivity index is 2.29. The van der Waals surface area contributed by atoms with Gasteiger partial charge in [0.15, 0.2) is 5.78 Å². The van der Waals surface area contributed by atoms with Crippen LogP contribution in [-0.2, 0) is 9.59 Å². The number of rotatable bonds is 3. The molecule has 1 unspecified atom stereocenters. The molecule has 1 fully saturated rings. The summed E-state index contributed by atoms with van der Waals surface area (Å²) in [5.74, 6) is -1.13. The fraction of sp³-hybridized carbons (Fsp3) is 0.400. The fourth-order valence-electron chi connectivity index (χ4n) is 2.45. The minimum absolute atomic E-state index is 0.192. The number of hydrogen-bond donors (Lipinski definition) is 0. The van der Waals surface area contributed by atoms with Crippen LogP contribution in [0.2, 0.25) is 0 Å². The lowest BCUT2D eigenvalue weighted by atomic mass is 9.91. The lowest BCUT2D eigenvalue weighted by Gasteiger charge is -2.32. The number of nitriles is 1. The Morgan fingerprint density at radius 3 is 3.00 bits per heavy atom. The average molecular weight is 335 g/mol. The molecule has 5 heteroatoms.